The summed E-state index contributed by atoms with van der Waals surface area (Å²) >= 11 is 0. The molecule has 4 atom stereocenters. The Bertz CT molecular complexity index is 1910. The molecule has 10 rings (SSSR count). The highest BCUT2D eigenvalue weighted by Gasteiger charge is 2.47. The van der Waals surface area contributed by atoms with Crippen molar-refractivity contribution in [3.63, 3.8) is 0 Å². The minimum Gasteiger partial charge on any atom is -0.318 e. The van der Waals surface area contributed by atoms with Crippen LogP contribution in [-0.2, 0) is 12.8 Å². The number of hydrogen-bond acceptors (Lipinski definition) is 3. The van der Waals surface area contributed by atoms with Gasteiger partial charge in [-0.05, 0) is 129 Å². The van der Waals surface area contributed by atoms with E-state index in [9.17, 15) is 14.0 Å². The summed E-state index contributed by atoms with van der Waals surface area (Å²) in [5, 5.41) is 0. The maximum absolute atomic E-state index is 13.5. The number of aromatic nitrogens is 1. The molecule has 8 heteroatoms. The number of urea groups is 2. The summed E-state index contributed by atoms with van der Waals surface area (Å²) in [4.78, 5) is 39.2. The standard InChI is InChI=1S/C23H26N2O.C22H24FN3O/c26-23(24-14-6-10-18-9-4-5-11-22(18)24)25-20-12-13-21(25)16-19(15-20)17-7-2-1-3-8-17;23-21-10-7-16(14-24-21)17-12-18-8-9-19(13-17)26(18)22(27)25-11-3-5-15-4-1-2-6-20(15)25/h1-5,7-9,11,19-21H,6,10,12-16H2;1-2,4,6-7,10,14,17-19H,3,5,8-9,11-13H2. The smallest absolute Gasteiger partial charge is 0.318 e. The van der Waals surface area contributed by atoms with Crippen LogP contribution in [0.3, 0.4) is 0 Å². The number of amides is 4. The lowest BCUT2D eigenvalue weighted by Crippen LogP contribution is -2.53. The molecule has 6 aliphatic heterocycles. The Morgan fingerprint density at radius 3 is 1.47 bits per heavy atom. The normalized spacial score (nSPS) is 27.0. The number of pyridine rings is 1. The lowest BCUT2D eigenvalue weighted by molar-refractivity contribution is 0.142. The van der Waals surface area contributed by atoms with Crippen molar-refractivity contribution in [1.29, 1.82) is 0 Å². The maximum atomic E-state index is 13.5. The van der Waals surface area contributed by atoms with Crippen molar-refractivity contribution in [2.24, 2.45) is 0 Å². The van der Waals surface area contributed by atoms with Crippen molar-refractivity contribution in [3.8, 4) is 0 Å². The molecule has 0 spiro atoms. The highest BCUT2D eigenvalue weighted by molar-refractivity contribution is 5.95. The lowest BCUT2D eigenvalue weighted by atomic mass is 9.85. The van der Waals surface area contributed by atoms with Gasteiger partial charge in [0.15, 0.2) is 0 Å². The van der Waals surface area contributed by atoms with Crippen molar-refractivity contribution in [2.75, 3.05) is 22.9 Å². The fourth-order valence-corrected chi connectivity index (χ4v) is 10.6. The predicted molar refractivity (Wildman–Crippen MR) is 207 cm³/mol. The second-order valence-corrected chi connectivity index (χ2v) is 16.1. The second-order valence-electron chi connectivity index (χ2n) is 16.1. The van der Waals surface area contributed by atoms with Gasteiger partial charge in [-0.25, -0.2) is 14.6 Å². The van der Waals surface area contributed by atoms with E-state index in [1.165, 1.54) is 22.8 Å². The van der Waals surface area contributed by atoms with E-state index in [-0.39, 0.29) is 24.1 Å². The van der Waals surface area contributed by atoms with Crippen LogP contribution in [0, 0.1) is 5.95 Å². The number of rotatable bonds is 2. The first-order chi connectivity index (χ1) is 26.0. The van der Waals surface area contributed by atoms with Crippen LogP contribution in [0.4, 0.5) is 25.4 Å². The summed E-state index contributed by atoms with van der Waals surface area (Å²) in [5.74, 6) is 0.540. The Balaban J connectivity index is 0.000000141. The van der Waals surface area contributed by atoms with Crippen molar-refractivity contribution < 1.29 is 14.0 Å². The van der Waals surface area contributed by atoms with E-state index in [0.29, 0.717) is 23.9 Å². The summed E-state index contributed by atoms with van der Waals surface area (Å²) in [6, 6.07) is 32.7. The number of hydrogen-bond donors (Lipinski definition) is 0. The van der Waals surface area contributed by atoms with Gasteiger partial charge >= 0.3 is 12.1 Å². The van der Waals surface area contributed by atoms with Gasteiger partial charge in [0.05, 0.1) is 0 Å². The summed E-state index contributed by atoms with van der Waals surface area (Å²) in [7, 11) is 0. The molecule has 274 valence electrons. The molecule has 0 radical (unpaired) electrons. The molecule has 4 saturated heterocycles. The number of piperidine rings is 2. The third-order valence-corrected chi connectivity index (χ3v) is 13.1. The van der Waals surface area contributed by atoms with Gasteiger partial charge in [-0.15, -0.1) is 0 Å². The van der Waals surface area contributed by atoms with Gasteiger partial charge in [-0.2, -0.15) is 4.39 Å². The number of nitrogens with zero attached hydrogens (tertiary/aromatic N) is 5. The Hall–Kier alpha value is -4.72. The minimum absolute atomic E-state index is 0.172. The highest BCUT2D eigenvalue weighted by Crippen LogP contribution is 2.46. The number of carbonyl (C=O) groups is 2. The van der Waals surface area contributed by atoms with Crippen LogP contribution in [0.5, 0.6) is 0 Å². The van der Waals surface area contributed by atoms with Crippen LogP contribution >= 0.6 is 0 Å². The molecule has 7 heterocycles. The summed E-state index contributed by atoms with van der Waals surface area (Å²) in [6.45, 7) is 1.66. The van der Waals surface area contributed by atoms with Crippen LogP contribution in [0.15, 0.2) is 97.2 Å². The van der Waals surface area contributed by atoms with Crippen molar-refractivity contribution in [2.45, 2.75) is 113 Å². The summed E-state index contributed by atoms with van der Waals surface area (Å²) in [6.07, 6.45) is 14.5. The average Bonchev–Trinajstić information content (AvgIpc) is 3.63. The fourth-order valence-electron chi connectivity index (χ4n) is 10.6. The molecule has 53 heavy (non-hydrogen) atoms. The molecule has 4 unspecified atom stereocenters. The molecule has 3 aromatic carbocycles. The first kappa shape index (κ1) is 34.1. The van der Waals surface area contributed by atoms with Crippen molar-refractivity contribution in [1.82, 2.24) is 14.8 Å². The zero-order chi connectivity index (χ0) is 35.9. The molecule has 1 aromatic heterocycles. The third-order valence-electron chi connectivity index (χ3n) is 13.1. The van der Waals surface area contributed by atoms with Crippen molar-refractivity contribution in [3.05, 3.63) is 125 Å². The van der Waals surface area contributed by atoms with Gasteiger partial charge in [-0.3, -0.25) is 9.80 Å². The van der Waals surface area contributed by atoms with Gasteiger partial charge in [0.2, 0.25) is 5.95 Å². The summed E-state index contributed by atoms with van der Waals surface area (Å²) in [5.41, 5.74) is 7.35. The molecule has 4 aromatic rings. The van der Waals surface area contributed by atoms with Crippen LogP contribution in [0.25, 0.3) is 0 Å². The number of para-hydroxylation sites is 2. The molecule has 0 N–H and O–H groups in total. The molecule has 4 bridgehead atoms. The number of aryl methyl sites for hydroxylation is 2. The molecule has 6 aliphatic rings. The SMILES string of the molecule is O=C(N1CCCc2ccccc21)N1C2CCC1CC(c1ccc(F)nc1)C2.O=C(N1CCCc2ccccc21)N1C2CCC1CC(c1ccccc1)C2. The van der Waals surface area contributed by atoms with Gasteiger partial charge in [0.1, 0.15) is 0 Å². The van der Waals surface area contributed by atoms with Crippen LogP contribution in [-0.4, -0.2) is 64.1 Å². The number of fused-ring (bicyclic) bond motifs is 6. The van der Waals surface area contributed by atoms with Crippen LogP contribution < -0.4 is 9.80 Å². The molecule has 0 aliphatic carbocycles. The van der Waals surface area contributed by atoms with Gasteiger partial charge < -0.3 is 9.80 Å². The van der Waals surface area contributed by atoms with E-state index in [0.717, 1.165) is 107 Å². The minimum atomic E-state index is -0.432. The zero-order valence-corrected chi connectivity index (χ0v) is 30.5. The fraction of sp³-hybridized carbons (Fsp3) is 0.444. The number of benzene rings is 3. The van der Waals surface area contributed by atoms with Gasteiger partial charge in [-0.1, -0.05) is 72.8 Å². The monoisotopic (exact) mass is 711 g/mol. The third kappa shape index (κ3) is 6.59. The maximum Gasteiger partial charge on any atom is 0.324 e. The number of carbonyl (C=O) groups excluding carboxylic acids is 2. The van der Waals surface area contributed by atoms with E-state index >= 15 is 0 Å². The van der Waals surface area contributed by atoms with Gasteiger partial charge in [0.25, 0.3) is 0 Å². The Morgan fingerprint density at radius 2 is 1.00 bits per heavy atom. The first-order valence-electron chi connectivity index (χ1n) is 20.0. The topological polar surface area (TPSA) is 60.0 Å². The molecule has 7 nitrogen and oxygen atoms in total. The predicted octanol–water partition coefficient (Wildman–Crippen LogP) is 9.47. The Kier molecular flexibility index (Phi) is 9.39. The number of halogens is 1. The molecule has 4 amide bonds. The zero-order valence-electron chi connectivity index (χ0n) is 30.5. The van der Waals surface area contributed by atoms with E-state index in [4.69, 9.17) is 0 Å². The molecule has 4 fully saturated rings. The highest BCUT2D eigenvalue weighted by atomic mass is 19.1. The second kappa shape index (κ2) is 14.6. The Morgan fingerprint density at radius 1 is 0.547 bits per heavy atom. The van der Waals surface area contributed by atoms with E-state index in [1.807, 2.05) is 21.9 Å². The van der Waals surface area contributed by atoms with E-state index < -0.39 is 5.95 Å². The lowest BCUT2D eigenvalue weighted by Gasteiger charge is -2.42. The van der Waals surface area contributed by atoms with E-state index in [1.54, 1.807) is 6.20 Å². The van der Waals surface area contributed by atoms with E-state index in [2.05, 4.69) is 87.6 Å². The van der Waals surface area contributed by atoms with Gasteiger partial charge in [0, 0.05) is 54.8 Å². The molecule has 0 saturated carbocycles. The Labute approximate surface area is 312 Å². The largest absolute Gasteiger partial charge is 0.324 e. The quantitative estimate of drug-likeness (QED) is 0.195. The van der Waals surface area contributed by atoms with Crippen LogP contribution in [0.1, 0.15) is 98.3 Å². The molecular weight excluding hydrogens is 662 g/mol. The van der Waals surface area contributed by atoms with Crippen molar-refractivity contribution >= 4 is 23.4 Å². The average molecular weight is 712 g/mol. The first-order valence-corrected chi connectivity index (χ1v) is 20.0. The van der Waals surface area contributed by atoms with Crippen LogP contribution in [0.2, 0.25) is 0 Å². The molecular formula is C45H50FN5O2. The number of anilines is 2. The summed E-state index contributed by atoms with van der Waals surface area (Å²) < 4.78 is 13.1.